The van der Waals surface area contributed by atoms with Crippen molar-refractivity contribution in [1.29, 1.82) is 0 Å². The zero-order valence-electron chi connectivity index (χ0n) is 8.68. The molecule has 0 saturated heterocycles. The van der Waals surface area contributed by atoms with Crippen LogP contribution in [0.3, 0.4) is 0 Å². The van der Waals surface area contributed by atoms with Gasteiger partial charge in [-0.05, 0) is 15.9 Å². The number of anilines is 1. The lowest BCUT2D eigenvalue weighted by Crippen LogP contribution is -1.99. The number of aromatic nitrogens is 5. The van der Waals surface area contributed by atoms with E-state index >= 15 is 0 Å². The first-order chi connectivity index (χ1) is 7.69. The molecule has 2 rings (SSSR count). The Bertz CT molecular complexity index is 499. The highest BCUT2D eigenvalue weighted by Crippen LogP contribution is 2.25. The number of hydrogen-bond donors (Lipinski definition) is 1. The summed E-state index contributed by atoms with van der Waals surface area (Å²) >= 11 is 3.28. The smallest absolute Gasteiger partial charge is 0.342 e. The molecule has 0 aliphatic heterocycles. The predicted octanol–water partition coefficient (Wildman–Crippen LogP) is 1.20. The molecule has 2 aromatic heterocycles. The van der Waals surface area contributed by atoms with E-state index in [9.17, 15) is 0 Å². The normalized spacial score (nSPS) is 10.2. The number of nitrogens with one attached hydrogen (secondary N) is 1. The van der Waals surface area contributed by atoms with Crippen LogP contribution in [0.4, 0.5) is 5.95 Å². The van der Waals surface area contributed by atoms with Crippen LogP contribution in [-0.2, 0) is 7.05 Å². The minimum absolute atomic E-state index is 0.240. The van der Waals surface area contributed by atoms with Gasteiger partial charge in [-0.25, -0.2) is 4.98 Å². The van der Waals surface area contributed by atoms with Gasteiger partial charge in [0.25, 0.3) is 0 Å². The summed E-state index contributed by atoms with van der Waals surface area (Å²) in [6, 6.07) is 0.240. The van der Waals surface area contributed by atoms with E-state index in [-0.39, 0.29) is 6.01 Å². The lowest BCUT2D eigenvalue weighted by atomic mass is 10.6. The largest absolute Gasteiger partial charge is 0.403 e. The van der Waals surface area contributed by atoms with Crippen molar-refractivity contribution in [1.82, 2.24) is 24.7 Å². The van der Waals surface area contributed by atoms with Crippen LogP contribution in [0, 0.1) is 0 Å². The molecule has 0 amide bonds. The maximum Gasteiger partial charge on any atom is 0.342 e. The van der Waals surface area contributed by atoms with E-state index in [0.717, 1.165) is 0 Å². The van der Waals surface area contributed by atoms with Gasteiger partial charge in [0, 0.05) is 14.1 Å². The zero-order valence-corrected chi connectivity index (χ0v) is 10.3. The molecular weight excluding hydrogens is 276 g/mol. The Hall–Kier alpha value is -1.70. The average Bonchev–Trinajstić information content (AvgIpc) is 2.67. The molecule has 0 radical (unpaired) electrons. The second-order valence-electron chi connectivity index (χ2n) is 2.90. The van der Waals surface area contributed by atoms with Gasteiger partial charge in [-0.1, -0.05) is 0 Å². The molecule has 0 bridgehead atoms. The lowest BCUT2D eigenvalue weighted by Gasteiger charge is -2.04. The Labute approximate surface area is 100 Å². The molecule has 84 valence electrons. The third kappa shape index (κ3) is 2.27. The minimum Gasteiger partial charge on any atom is -0.403 e. The molecule has 0 atom stereocenters. The molecule has 8 heteroatoms. The highest BCUT2D eigenvalue weighted by Gasteiger charge is 2.09. The molecule has 0 unspecified atom stereocenters. The summed E-state index contributed by atoms with van der Waals surface area (Å²) < 4.78 is 7.57. The van der Waals surface area contributed by atoms with Gasteiger partial charge in [0.05, 0.1) is 10.7 Å². The summed E-state index contributed by atoms with van der Waals surface area (Å²) in [4.78, 5) is 12.1. The monoisotopic (exact) mass is 284 g/mol. The summed E-state index contributed by atoms with van der Waals surface area (Å²) in [5, 5.41) is 6.80. The van der Waals surface area contributed by atoms with Gasteiger partial charge in [-0.15, -0.1) is 5.10 Å². The van der Waals surface area contributed by atoms with Crippen molar-refractivity contribution in [3.05, 3.63) is 17.0 Å². The fraction of sp³-hybridized carbons (Fsp3) is 0.250. The number of halogens is 1. The number of aryl methyl sites for hydroxylation is 1. The molecule has 2 heterocycles. The topological polar surface area (TPSA) is 77.8 Å². The van der Waals surface area contributed by atoms with E-state index in [1.54, 1.807) is 31.3 Å². The summed E-state index contributed by atoms with van der Waals surface area (Å²) in [5.74, 6) is 0.833. The number of nitrogens with zero attached hydrogens (tertiary/aromatic N) is 5. The summed E-state index contributed by atoms with van der Waals surface area (Å²) in [7, 11) is 3.49. The zero-order chi connectivity index (χ0) is 11.5. The molecule has 0 fully saturated rings. The van der Waals surface area contributed by atoms with Crippen LogP contribution >= 0.6 is 15.9 Å². The van der Waals surface area contributed by atoms with Crippen LogP contribution in [0.2, 0.25) is 0 Å². The molecule has 0 aromatic carbocycles. The molecule has 0 spiro atoms. The van der Waals surface area contributed by atoms with Crippen molar-refractivity contribution in [2.24, 2.45) is 7.05 Å². The van der Waals surface area contributed by atoms with Crippen LogP contribution in [0.5, 0.6) is 11.9 Å². The van der Waals surface area contributed by atoms with E-state index in [4.69, 9.17) is 4.74 Å². The van der Waals surface area contributed by atoms with Gasteiger partial charge in [-0.2, -0.15) is 9.97 Å². The average molecular weight is 285 g/mol. The Kier molecular flexibility index (Phi) is 3.00. The minimum atomic E-state index is 0.240. The second kappa shape index (κ2) is 4.44. The van der Waals surface area contributed by atoms with Crippen LogP contribution in [0.1, 0.15) is 0 Å². The summed E-state index contributed by atoms with van der Waals surface area (Å²) in [6.07, 6.45) is 3.14. The fourth-order valence-corrected chi connectivity index (χ4v) is 1.27. The van der Waals surface area contributed by atoms with E-state index in [0.29, 0.717) is 16.3 Å². The number of rotatable bonds is 3. The van der Waals surface area contributed by atoms with Gasteiger partial charge < -0.3 is 10.1 Å². The van der Waals surface area contributed by atoms with E-state index in [1.807, 2.05) is 0 Å². The number of ether oxygens (including phenoxy) is 1. The van der Waals surface area contributed by atoms with Crippen molar-refractivity contribution < 1.29 is 4.74 Å². The fourth-order valence-electron chi connectivity index (χ4n) is 0.996. The second-order valence-corrected chi connectivity index (χ2v) is 3.75. The van der Waals surface area contributed by atoms with Crippen LogP contribution in [0.15, 0.2) is 17.0 Å². The van der Waals surface area contributed by atoms with Crippen molar-refractivity contribution in [3.8, 4) is 11.9 Å². The molecule has 0 aliphatic rings. The highest BCUT2D eigenvalue weighted by atomic mass is 79.9. The van der Waals surface area contributed by atoms with Crippen molar-refractivity contribution in [2.75, 3.05) is 12.4 Å². The highest BCUT2D eigenvalue weighted by molar-refractivity contribution is 9.10. The van der Waals surface area contributed by atoms with Crippen molar-refractivity contribution in [2.45, 2.75) is 0 Å². The Morgan fingerprint density at radius 3 is 2.88 bits per heavy atom. The van der Waals surface area contributed by atoms with Crippen molar-refractivity contribution in [3.63, 3.8) is 0 Å². The van der Waals surface area contributed by atoms with Gasteiger partial charge in [0.2, 0.25) is 11.8 Å². The van der Waals surface area contributed by atoms with Crippen LogP contribution in [0.25, 0.3) is 0 Å². The summed E-state index contributed by atoms with van der Waals surface area (Å²) in [6.45, 7) is 0. The first-order valence-electron chi connectivity index (χ1n) is 4.43. The molecule has 2 aromatic rings. The number of hydrogen-bond acceptors (Lipinski definition) is 6. The summed E-state index contributed by atoms with van der Waals surface area (Å²) in [5.41, 5.74) is 0. The standard InChI is InChI=1S/C8H9BrN6O/c1-10-7-11-3-5(9)6(13-7)16-8-12-4-15(2)14-8/h3-4H,1-2H3,(H,10,11,13). The quantitative estimate of drug-likeness (QED) is 0.913. The first kappa shape index (κ1) is 10.8. The van der Waals surface area contributed by atoms with E-state index < -0.39 is 0 Å². The third-order valence-electron chi connectivity index (χ3n) is 1.70. The molecule has 0 aliphatic carbocycles. The molecule has 16 heavy (non-hydrogen) atoms. The molecule has 1 N–H and O–H groups in total. The van der Waals surface area contributed by atoms with Crippen LogP contribution in [-0.4, -0.2) is 31.8 Å². The Morgan fingerprint density at radius 1 is 1.44 bits per heavy atom. The molecular formula is C8H9BrN6O. The van der Waals surface area contributed by atoms with Crippen LogP contribution < -0.4 is 10.1 Å². The van der Waals surface area contributed by atoms with E-state index in [2.05, 4.69) is 41.3 Å². The molecule has 0 saturated carbocycles. The maximum absolute atomic E-state index is 5.39. The predicted molar refractivity (Wildman–Crippen MR) is 60.4 cm³/mol. The molecule has 7 nitrogen and oxygen atoms in total. The lowest BCUT2D eigenvalue weighted by molar-refractivity contribution is 0.419. The van der Waals surface area contributed by atoms with Gasteiger partial charge in [-0.3, -0.25) is 4.68 Å². The Balaban J connectivity index is 2.26. The third-order valence-corrected chi connectivity index (χ3v) is 2.25. The maximum atomic E-state index is 5.39. The first-order valence-corrected chi connectivity index (χ1v) is 5.22. The van der Waals surface area contributed by atoms with Crippen molar-refractivity contribution >= 4 is 21.9 Å². The Morgan fingerprint density at radius 2 is 2.25 bits per heavy atom. The van der Waals surface area contributed by atoms with Gasteiger partial charge in [0.15, 0.2) is 0 Å². The SMILES string of the molecule is CNc1ncc(Br)c(Oc2ncn(C)n2)n1. The van der Waals surface area contributed by atoms with Gasteiger partial charge in [0.1, 0.15) is 6.33 Å². The van der Waals surface area contributed by atoms with E-state index in [1.165, 1.54) is 0 Å². The van der Waals surface area contributed by atoms with Gasteiger partial charge >= 0.3 is 6.01 Å².